The Kier molecular flexibility index (Phi) is 7.48. The molecule has 0 bridgehead atoms. The number of benzene rings is 1. The van der Waals surface area contributed by atoms with Crippen LogP contribution in [0.3, 0.4) is 0 Å². The molecule has 0 spiro atoms. The van der Waals surface area contributed by atoms with Crippen molar-refractivity contribution in [2.45, 2.75) is 66.3 Å². The fourth-order valence-electron chi connectivity index (χ4n) is 4.18. The van der Waals surface area contributed by atoms with E-state index in [1.54, 1.807) is 47.0 Å². The highest BCUT2D eigenvalue weighted by atomic mass is 16.5. The lowest BCUT2D eigenvalue weighted by Gasteiger charge is -2.32. The smallest absolute Gasteiger partial charge is 0.343 e. The third kappa shape index (κ3) is 5.09. The number of carbonyl (C=O) groups excluding carboxylic acids is 3. The van der Waals surface area contributed by atoms with Gasteiger partial charge in [0.1, 0.15) is 5.56 Å². The molecular weight excluding hydrogens is 406 g/mol. The molecule has 0 saturated heterocycles. The average Bonchev–Trinajstić information content (AvgIpc) is 3.19. The van der Waals surface area contributed by atoms with Crippen molar-refractivity contribution in [1.29, 1.82) is 0 Å². The van der Waals surface area contributed by atoms with Gasteiger partial charge < -0.3 is 4.74 Å². The number of esters is 1. The molecule has 172 valence electrons. The minimum Gasteiger partial charge on any atom is -0.462 e. The van der Waals surface area contributed by atoms with Crippen molar-refractivity contribution in [2.24, 2.45) is 11.8 Å². The Morgan fingerprint density at radius 3 is 2.28 bits per heavy atom. The van der Waals surface area contributed by atoms with Gasteiger partial charge in [-0.1, -0.05) is 6.92 Å². The summed E-state index contributed by atoms with van der Waals surface area (Å²) in [5.74, 6) is 0.364. The van der Waals surface area contributed by atoms with Crippen LogP contribution in [0.25, 0.3) is 5.69 Å². The van der Waals surface area contributed by atoms with Crippen LogP contribution < -0.4 is 4.90 Å². The van der Waals surface area contributed by atoms with E-state index in [9.17, 15) is 14.4 Å². The van der Waals surface area contributed by atoms with Crippen LogP contribution in [0, 0.1) is 11.8 Å². The quantitative estimate of drug-likeness (QED) is 0.456. The molecule has 0 N–H and O–H groups in total. The van der Waals surface area contributed by atoms with Crippen molar-refractivity contribution in [1.82, 2.24) is 9.78 Å². The number of nitrogens with zero attached hydrogens (tertiary/aromatic N) is 3. The number of carbonyl (C=O) groups is 3. The van der Waals surface area contributed by atoms with Crippen molar-refractivity contribution < 1.29 is 19.1 Å². The maximum Gasteiger partial charge on any atom is 0.343 e. The molecule has 32 heavy (non-hydrogen) atoms. The standard InChI is InChI=1S/C25H33N3O4/c1-6-32-25(31)22-15-27(21-13-11-19(12-14-21)18(5)29)26-23(22)28(16(2)3)24(30)20-9-7-17(4)8-10-20/h11-17,20H,6-10H2,1-5H3. The second-order valence-electron chi connectivity index (χ2n) is 8.89. The summed E-state index contributed by atoms with van der Waals surface area (Å²) < 4.78 is 6.83. The Balaban J connectivity index is 2.02. The first kappa shape index (κ1) is 23.7. The van der Waals surface area contributed by atoms with Gasteiger partial charge in [-0.05, 0) is 83.6 Å². The first-order chi connectivity index (χ1) is 15.2. The number of amides is 1. The van der Waals surface area contributed by atoms with Crippen molar-refractivity contribution >= 4 is 23.5 Å². The zero-order chi connectivity index (χ0) is 23.4. The third-order valence-electron chi connectivity index (χ3n) is 6.08. The highest BCUT2D eigenvalue weighted by Gasteiger charge is 2.34. The van der Waals surface area contributed by atoms with Gasteiger partial charge in [-0.2, -0.15) is 0 Å². The number of rotatable bonds is 7. The van der Waals surface area contributed by atoms with Crippen LogP contribution in [0.5, 0.6) is 0 Å². The van der Waals surface area contributed by atoms with E-state index in [2.05, 4.69) is 12.0 Å². The van der Waals surface area contributed by atoms with Gasteiger partial charge in [0.2, 0.25) is 5.91 Å². The third-order valence-corrected chi connectivity index (χ3v) is 6.08. The van der Waals surface area contributed by atoms with E-state index in [4.69, 9.17) is 4.74 Å². The van der Waals surface area contributed by atoms with Gasteiger partial charge in [0.25, 0.3) is 0 Å². The van der Waals surface area contributed by atoms with Crippen molar-refractivity contribution in [3.05, 3.63) is 41.6 Å². The lowest BCUT2D eigenvalue weighted by atomic mass is 9.82. The van der Waals surface area contributed by atoms with Crippen molar-refractivity contribution in [3.63, 3.8) is 0 Å². The first-order valence-corrected chi connectivity index (χ1v) is 11.4. The SMILES string of the molecule is CCOC(=O)c1cn(-c2ccc(C(C)=O)cc2)nc1N(C(=O)C1CCC(C)CC1)C(C)C. The minimum absolute atomic E-state index is 0.00891. The molecule has 1 aromatic heterocycles. The molecule has 1 aromatic carbocycles. The highest BCUT2D eigenvalue weighted by Crippen LogP contribution is 2.33. The molecular formula is C25H33N3O4. The van der Waals surface area contributed by atoms with Gasteiger partial charge in [-0.3, -0.25) is 14.5 Å². The van der Waals surface area contributed by atoms with E-state index in [0.29, 0.717) is 23.0 Å². The van der Waals surface area contributed by atoms with E-state index < -0.39 is 5.97 Å². The number of ketones is 1. The summed E-state index contributed by atoms with van der Waals surface area (Å²) in [7, 11) is 0. The number of ether oxygens (including phenoxy) is 1. The normalized spacial score (nSPS) is 18.4. The minimum atomic E-state index is -0.509. The number of Topliss-reactive ketones (excluding diaryl/α,β-unsaturated/α-hetero) is 1. The van der Waals surface area contributed by atoms with E-state index in [-0.39, 0.29) is 35.8 Å². The van der Waals surface area contributed by atoms with Crippen LogP contribution in [-0.4, -0.2) is 40.1 Å². The molecule has 0 aliphatic heterocycles. The largest absolute Gasteiger partial charge is 0.462 e. The second kappa shape index (κ2) is 10.1. The summed E-state index contributed by atoms with van der Waals surface area (Å²) in [5.41, 5.74) is 1.54. The molecule has 1 saturated carbocycles. The monoisotopic (exact) mass is 439 g/mol. The predicted molar refractivity (Wildman–Crippen MR) is 123 cm³/mol. The van der Waals surface area contributed by atoms with Gasteiger partial charge in [0.15, 0.2) is 11.6 Å². The molecule has 3 rings (SSSR count). The van der Waals surface area contributed by atoms with Crippen LogP contribution in [0.1, 0.15) is 81.0 Å². The topological polar surface area (TPSA) is 81.5 Å². The molecule has 7 heteroatoms. The first-order valence-electron chi connectivity index (χ1n) is 11.4. The summed E-state index contributed by atoms with van der Waals surface area (Å²) in [6.45, 7) is 9.57. The number of hydrogen-bond donors (Lipinski definition) is 0. The molecule has 1 amide bonds. The Morgan fingerprint density at radius 1 is 1.12 bits per heavy atom. The molecule has 0 atom stereocenters. The van der Waals surface area contributed by atoms with E-state index in [1.165, 1.54) is 6.92 Å². The maximum atomic E-state index is 13.5. The summed E-state index contributed by atoms with van der Waals surface area (Å²) in [4.78, 5) is 39.5. The molecule has 0 unspecified atom stereocenters. The number of aromatic nitrogens is 2. The Morgan fingerprint density at radius 2 is 1.75 bits per heavy atom. The molecule has 2 aromatic rings. The van der Waals surface area contributed by atoms with Gasteiger partial charge in [0, 0.05) is 23.7 Å². The van der Waals surface area contributed by atoms with Gasteiger partial charge in [-0.25, -0.2) is 9.48 Å². The van der Waals surface area contributed by atoms with Gasteiger partial charge >= 0.3 is 5.97 Å². The highest BCUT2D eigenvalue weighted by molar-refractivity contribution is 6.02. The van der Waals surface area contributed by atoms with Crippen molar-refractivity contribution in [2.75, 3.05) is 11.5 Å². The summed E-state index contributed by atoms with van der Waals surface area (Å²) in [5, 5.41) is 4.65. The summed E-state index contributed by atoms with van der Waals surface area (Å²) >= 11 is 0. The van der Waals surface area contributed by atoms with Crippen LogP contribution in [0.15, 0.2) is 30.5 Å². The summed E-state index contributed by atoms with van der Waals surface area (Å²) in [6, 6.07) is 6.81. The zero-order valence-corrected chi connectivity index (χ0v) is 19.6. The Labute approximate surface area is 189 Å². The zero-order valence-electron chi connectivity index (χ0n) is 19.6. The summed E-state index contributed by atoms with van der Waals surface area (Å²) in [6.07, 6.45) is 5.37. The van der Waals surface area contributed by atoms with Crippen LogP contribution in [0.2, 0.25) is 0 Å². The van der Waals surface area contributed by atoms with Gasteiger partial charge in [-0.15, -0.1) is 5.10 Å². The second-order valence-corrected chi connectivity index (χ2v) is 8.89. The molecule has 1 aliphatic rings. The maximum absolute atomic E-state index is 13.5. The lowest BCUT2D eigenvalue weighted by molar-refractivity contribution is -0.124. The van der Waals surface area contributed by atoms with E-state index >= 15 is 0 Å². The molecule has 1 heterocycles. The van der Waals surface area contributed by atoms with Gasteiger partial charge in [0.05, 0.1) is 12.3 Å². The lowest BCUT2D eigenvalue weighted by Crippen LogP contribution is -2.43. The van der Waals surface area contributed by atoms with Crippen LogP contribution in [0.4, 0.5) is 5.82 Å². The molecule has 1 aliphatic carbocycles. The van der Waals surface area contributed by atoms with E-state index in [0.717, 1.165) is 25.7 Å². The van der Waals surface area contributed by atoms with Crippen molar-refractivity contribution in [3.8, 4) is 5.69 Å². The van der Waals surface area contributed by atoms with Crippen LogP contribution >= 0.6 is 0 Å². The molecule has 1 fully saturated rings. The van der Waals surface area contributed by atoms with E-state index in [1.807, 2.05) is 13.8 Å². The molecule has 7 nitrogen and oxygen atoms in total. The fraction of sp³-hybridized carbons (Fsp3) is 0.520. The number of anilines is 1. The number of hydrogen-bond acceptors (Lipinski definition) is 5. The Hall–Kier alpha value is -2.96. The Bertz CT molecular complexity index is 970. The average molecular weight is 440 g/mol. The fourth-order valence-corrected chi connectivity index (χ4v) is 4.18. The predicted octanol–water partition coefficient (Wildman–Crippen LogP) is 4.82. The van der Waals surface area contributed by atoms with Crippen LogP contribution in [-0.2, 0) is 9.53 Å². The molecule has 0 radical (unpaired) electrons.